The first-order valence-electron chi connectivity index (χ1n) is 10.4. The number of rotatable bonds is 7. The van der Waals surface area contributed by atoms with Crippen molar-refractivity contribution in [1.29, 1.82) is 0 Å². The molecular weight excluding hydrogens is 420 g/mol. The number of anilines is 1. The van der Waals surface area contributed by atoms with Gasteiger partial charge in [-0.3, -0.25) is 5.10 Å². The summed E-state index contributed by atoms with van der Waals surface area (Å²) in [7, 11) is -0.234. The van der Waals surface area contributed by atoms with Gasteiger partial charge in [-0.05, 0) is 31.7 Å². The molecule has 0 spiro atoms. The molecule has 3 aromatic rings. The number of aromatic amines is 1. The van der Waals surface area contributed by atoms with E-state index in [1.165, 1.54) is 4.31 Å². The van der Waals surface area contributed by atoms with E-state index in [1.807, 2.05) is 25.4 Å². The van der Waals surface area contributed by atoms with E-state index in [-0.39, 0.29) is 18.0 Å². The van der Waals surface area contributed by atoms with Crippen LogP contribution in [0.4, 0.5) is 5.95 Å². The third-order valence-corrected chi connectivity index (χ3v) is 7.95. The Morgan fingerprint density at radius 1 is 1.39 bits per heavy atom. The average Bonchev–Trinajstić information content (AvgIpc) is 3.16. The number of piperidine rings is 1. The van der Waals surface area contributed by atoms with Crippen LogP contribution in [0.15, 0.2) is 24.7 Å². The van der Waals surface area contributed by atoms with Crippen LogP contribution in [0.1, 0.15) is 19.8 Å². The second kappa shape index (κ2) is 7.46. The zero-order valence-electron chi connectivity index (χ0n) is 17.7. The Kier molecular flexibility index (Phi) is 4.87. The van der Waals surface area contributed by atoms with Crippen LogP contribution >= 0.6 is 0 Å². The van der Waals surface area contributed by atoms with Gasteiger partial charge in [-0.25, -0.2) is 4.52 Å². The standard InChI is InChI=1S/C19H26N8O3S/c1-4-30-17-13(12-10-20-21-11-12)5-7-26-18(17)23-19(24-26)22-15-6-8-27(16-9-14(15)16)31(28,29)25(2)3/h5,7,10-11,14-16H,4,6,8-9H2,1-3H3,(H,20,21)(H,22,24). The van der Waals surface area contributed by atoms with Crippen molar-refractivity contribution in [2.24, 2.45) is 5.92 Å². The van der Waals surface area contributed by atoms with Gasteiger partial charge in [0, 0.05) is 56.2 Å². The summed E-state index contributed by atoms with van der Waals surface area (Å²) in [5.41, 5.74) is 2.44. The molecule has 0 aromatic carbocycles. The number of nitrogens with one attached hydrogen (secondary N) is 2. The molecule has 5 rings (SSSR count). The molecule has 3 unspecified atom stereocenters. The molecule has 31 heavy (non-hydrogen) atoms. The van der Waals surface area contributed by atoms with E-state index in [9.17, 15) is 8.42 Å². The van der Waals surface area contributed by atoms with Crippen molar-refractivity contribution in [3.8, 4) is 16.9 Å². The fraction of sp³-hybridized carbons (Fsp3) is 0.526. The second-order valence-corrected chi connectivity index (χ2v) is 10.2. The molecule has 0 bridgehead atoms. The van der Waals surface area contributed by atoms with Gasteiger partial charge in [0.15, 0.2) is 11.4 Å². The monoisotopic (exact) mass is 446 g/mol. The Bertz CT molecular complexity index is 1190. The summed E-state index contributed by atoms with van der Waals surface area (Å²) in [6, 6.07) is 2.12. The lowest BCUT2D eigenvalue weighted by Crippen LogP contribution is -2.47. The normalized spacial score (nSPS) is 23.8. The minimum atomic E-state index is -3.38. The molecule has 2 fully saturated rings. The molecular formula is C19H26N8O3S. The molecule has 1 saturated carbocycles. The molecule has 166 valence electrons. The SMILES string of the molecule is CCOc1c(-c2cn[nH]c2)ccn2nc(NC3CCN(S(=O)(=O)N(C)C)C4CC34)nc12. The first-order chi connectivity index (χ1) is 14.9. The molecule has 1 saturated heterocycles. The zero-order chi connectivity index (χ0) is 21.8. The lowest BCUT2D eigenvalue weighted by Gasteiger charge is -2.32. The van der Waals surface area contributed by atoms with Crippen LogP contribution in [0.25, 0.3) is 16.8 Å². The Labute approximate surface area is 180 Å². The van der Waals surface area contributed by atoms with E-state index in [1.54, 1.807) is 29.1 Å². The second-order valence-electron chi connectivity index (χ2n) is 8.09. The summed E-state index contributed by atoms with van der Waals surface area (Å²) in [5.74, 6) is 1.44. The molecule has 1 aliphatic carbocycles. The number of hydrogen-bond acceptors (Lipinski definition) is 7. The van der Waals surface area contributed by atoms with Gasteiger partial charge in [-0.15, -0.1) is 5.10 Å². The minimum Gasteiger partial charge on any atom is -0.489 e. The molecule has 2 aliphatic rings. The zero-order valence-corrected chi connectivity index (χ0v) is 18.5. The van der Waals surface area contributed by atoms with Crippen molar-refractivity contribution in [2.45, 2.75) is 31.8 Å². The van der Waals surface area contributed by atoms with E-state index < -0.39 is 10.2 Å². The highest BCUT2D eigenvalue weighted by molar-refractivity contribution is 7.86. The third-order valence-electron chi connectivity index (χ3n) is 5.98. The maximum Gasteiger partial charge on any atom is 0.281 e. The summed E-state index contributed by atoms with van der Waals surface area (Å²) in [4.78, 5) is 4.69. The maximum atomic E-state index is 12.5. The fourth-order valence-electron chi connectivity index (χ4n) is 4.35. The summed E-state index contributed by atoms with van der Waals surface area (Å²) < 4.78 is 35.6. The molecule has 12 heteroatoms. The quantitative estimate of drug-likeness (QED) is 0.559. The molecule has 1 aliphatic heterocycles. The third kappa shape index (κ3) is 3.44. The van der Waals surface area contributed by atoms with Crippen molar-refractivity contribution in [3.63, 3.8) is 0 Å². The van der Waals surface area contributed by atoms with Crippen molar-refractivity contribution in [1.82, 2.24) is 33.4 Å². The molecule has 2 N–H and O–H groups in total. The van der Waals surface area contributed by atoms with E-state index in [2.05, 4.69) is 25.6 Å². The number of aromatic nitrogens is 5. The maximum absolute atomic E-state index is 12.5. The number of nitrogens with zero attached hydrogens (tertiary/aromatic N) is 6. The van der Waals surface area contributed by atoms with Crippen LogP contribution in [0.2, 0.25) is 0 Å². The van der Waals surface area contributed by atoms with Gasteiger partial charge >= 0.3 is 0 Å². The van der Waals surface area contributed by atoms with E-state index in [0.717, 1.165) is 17.5 Å². The van der Waals surface area contributed by atoms with Gasteiger partial charge in [-0.2, -0.15) is 27.1 Å². The highest BCUT2D eigenvalue weighted by Gasteiger charge is 2.54. The van der Waals surface area contributed by atoms with E-state index >= 15 is 0 Å². The average molecular weight is 447 g/mol. The van der Waals surface area contributed by atoms with Crippen LogP contribution in [-0.2, 0) is 10.2 Å². The van der Waals surface area contributed by atoms with E-state index in [0.29, 0.717) is 36.9 Å². The Balaban J connectivity index is 1.38. The Morgan fingerprint density at radius 2 is 2.23 bits per heavy atom. The predicted molar refractivity (Wildman–Crippen MR) is 115 cm³/mol. The number of ether oxygens (including phenoxy) is 1. The topological polar surface area (TPSA) is 121 Å². The lowest BCUT2D eigenvalue weighted by atomic mass is 10.1. The van der Waals surface area contributed by atoms with Gasteiger partial charge in [0.05, 0.1) is 12.8 Å². The molecule has 0 amide bonds. The lowest BCUT2D eigenvalue weighted by molar-refractivity contribution is 0.300. The molecule has 0 radical (unpaired) electrons. The van der Waals surface area contributed by atoms with Crippen molar-refractivity contribution < 1.29 is 13.2 Å². The first-order valence-corrected chi connectivity index (χ1v) is 11.8. The predicted octanol–water partition coefficient (Wildman–Crippen LogP) is 1.20. The van der Waals surface area contributed by atoms with Crippen molar-refractivity contribution in [3.05, 3.63) is 24.7 Å². The smallest absolute Gasteiger partial charge is 0.281 e. The van der Waals surface area contributed by atoms with E-state index in [4.69, 9.17) is 4.74 Å². The first kappa shape index (κ1) is 20.2. The van der Waals surface area contributed by atoms with Gasteiger partial charge in [-0.1, -0.05) is 0 Å². The Morgan fingerprint density at radius 3 is 2.94 bits per heavy atom. The molecule has 11 nitrogen and oxygen atoms in total. The van der Waals surface area contributed by atoms with Crippen molar-refractivity contribution in [2.75, 3.05) is 32.6 Å². The number of pyridine rings is 1. The van der Waals surface area contributed by atoms with Crippen LogP contribution in [-0.4, -0.2) is 81.2 Å². The summed E-state index contributed by atoms with van der Waals surface area (Å²) in [6.07, 6.45) is 6.97. The molecule has 3 atom stereocenters. The van der Waals surface area contributed by atoms with Gasteiger partial charge < -0.3 is 10.1 Å². The van der Waals surface area contributed by atoms with Crippen LogP contribution in [0.5, 0.6) is 5.75 Å². The van der Waals surface area contributed by atoms with Crippen LogP contribution in [0.3, 0.4) is 0 Å². The number of H-pyrrole nitrogens is 1. The van der Waals surface area contributed by atoms with Gasteiger partial charge in [0.25, 0.3) is 10.2 Å². The Hall–Kier alpha value is -2.70. The van der Waals surface area contributed by atoms with Crippen LogP contribution in [0, 0.1) is 5.92 Å². The van der Waals surface area contributed by atoms with Crippen molar-refractivity contribution >= 4 is 21.8 Å². The highest BCUT2D eigenvalue weighted by atomic mass is 32.2. The van der Waals surface area contributed by atoms with Gasteiger partial charge in [0.2, 0.25) is 5.95 Å². The highest BCUT2D eigenvalue weighted by Crippen LogP contribution is 2.45. The fourth-order valence-corrected chi connectivity index (χ4v) is 5.69. The largest absolute Gasteiger partial charge is 0.489 e. The summed E-state index contributed by atoms with van der Waals surface area (Å²) in [5, 5.41) is 14.9. The van der Waals surface area contributed by atoms with Gasteiger partial charge in [0.1, 0.15) is 0 Å². The summed E-state index contributed by atoms with van der Waals surface area (Å²) in [6.45, 7) is 2.92. The number of fused-ring (bicyclic) bond motifs is 2. The molecule has 3 aromatic heterocycles. The minimum absolute atomic E-state index is 0.0439. The number of hydrogen-bond donors (Lipinski definition) is 2. The van der Waals surface area contributed by atoms with Crippen LogP contribution < -0.4 is 10.1 Å². The molecule has 4 heterocycles. The summed E-state index contributed by atoms with van der Waals surface area (Å²) >= 11 is 0.